The number of thiazole rings is 1. The zero-order chi connectivity index (χ0) is 23.8. The number of carbonyl (C=O) groups is 1. The Bertz CT molecular complexity index is 1070. The first-order valence-electron chi connectivity index (χ1n) is 11.9. The van der Waals surface area contributed by atoms with Crippen LogP contribution < -0.4 is 9.64 Å². The molecule has 0 saturated carbocycles. The number of methoxy groups -OCH3 is 1. The fourth-order valence-electron chi connectivity index (χ4n) is 3.92. The SMILES string of the molecule is COc1ccc2sc(N(CCCN3CCOCC3)C(=O)CCCSc3ccc(C)cc3)nc2c1.Cl. The average molecular weight is 536 g/mol. The van der Waals surface area contributed by atoms with E-state index >= 15 is 0 Å². The minimum absolute atomic E-state index is 0. The number of carbonyl (C=O) groups excluding carboxylic acids is 1. The number of ether oxygens (including phenoxy) is 2. The first kappa shape index (κ1) is 27.7. The van der Waals surface area contributed by atoms with Crippen molar-refractivity contribution >= 4 is 56.8 Å². The van der Waals surface area contributed by atoms with Crippen LogP contribution in [0, 0.1) is 6.92 Å². The van der Waals surface area contributed by atoms with Crippen LogP contribution in [0.4, 0.5) is 5.13 Å². The molecule has 4 rings (SSSR count). The fraction of sp³-hybridized carbons (Fsp3) is 0.462. The van der Waals surface area contributed by atoms with Crippen molar-refractivity contribution in [3.05, 3.63) is 48.0 Å². The molecule has 0 atom stereocenters. The van der Waals surface area contributed by atoms with Crippen molar-refractivity contribution in [2.45, 2.75) is 31.1 Å². The van der Waals surface area contributed by atoms with Crippen LogP contribution in [0.25, 0.3) is 10.2 Å². The van der Waals surface area contributed by atoms with Gasteiger partial charge < -0.3 is 9.47 Å². The molecule has 0 N–H and O–H groups in total. The molecule has 9 heteroatoms. The molecular formula is C26H34ClN3O3S2. The third kappa shape index (κ3) is 8.08. The Hall–Kier alpha value is -1.84. The number of anilines is 1. The Labute approximate surface area is 222 Å². The van der Waals surface area contributed by atoms with Crippen molar-refractivity contribution in [3.8, 4) is 5.75 Å². The number of rotatable bonds is 11. The summed E-state index contributed by atoms with van der Waals surface area (Å²) in [6, 6.07) is 14.5. The second-order valence-corrected chi connectivity index (χ2v) is 10.6. The number of benzene rings is 2. The lowest BCUT2D eigenvalue weighted by molar-refractivity contribution is -0.118. The quantitative estimate of drug-likeness (QED) is 0.233. The molecule has 3 aromatic rings. The Morgan fingerprint density at radius 1 is 1.17 bits per heavy atom. The molecule has 1 saturated heterocycles. The summed E-state index contributed by atoms with van der Waals surface area (Å²) < 4.78 is 11.9. The number of hydrogen-bond acceptors (Lipinski definition) is 7. The molecule has 6 nitrogen and oxygen atoms in total. The summed E-state index contributed by atoms with van der Waals surface area (Å²) >= 11 is 3.38. The molecule has 1 aliphatic rings. The lowest BCUT2D eigenvalue weighted by atomic mass is 10.2. The molecule has 0 bridgehead atoms. The number of aryl methyl sites for hydroxylation is 1. The number of aromatic nitrogens is 1. The van der Waals surface area contributed by atoms with Crippen molar-refractivity contribution in [3.63, 3.8) is 0 Å². The van der Waals surface area contributed by atoms with E-state index in [9.17, 15) is 4.79 Å². The van der Waals surface area contributed by atoms with Crippen LogP contribution in [0.5, 0.6) is 5.75 Å². The zero-order valence-corrected chi connectivity index (χ0v) is 22.9. The van der Waals surface area contributed by atoms with Crippen LogP contribution >= 0.6 is 35.5 Å². The predicted octanol–water partition coefficient (Wildman–Crippen LogP) is 5.66. The number of nitrogens with zero attached hydrogens (tertiary/aromatic N) is 3. The van der Waals surface area contributed by atoms with Gasteiger partial charge in [0.1, 0.15) is 5.75 Å². The van der Waals surface area contributed by atoms with Crippen LogP contribution in [-0.2, 0) is 9.53 Å². The summed E-state index contributed by atoms with van der Waals surface area (Å²) in [6.07, 6.45) is 2.29. The predicted molar refractivity (Wildman–Crippen MR) is 149 cm³/mol. The van der Waals surface area contributed by atoms with Crippen LogP contribution in [0.1, 0.15) is 24.8 Å². The Kier molecular flexibility index (Phi) is 11.1. The Balaban J connectivity index is 0.00000342. The minimum atomic E-state index is 0. The summed E-state index contributed by atoms with van der Waals surface area (Å²) in [7, 11) is 1.66. The van der Waals surface area contributed by atoms with Crippen molar-refractivity contribution in [2.24, 2.45) is 0 Å². The smallest absolute Gasteiger partial charge is 0.228 e. The molecule has 1 aliphatic heterocycles. The van der Waals surface area contributed by atoms with E-state index in [0.29, 0.717) is 13.0 Å². The number of amides is 1. The maximum Gasteiger partial charge on any atom is 0.228 e. The van der Waals surface area contributed by atoms with Gasteiger partial charge in [-0.15, -0.1) is 24.2 Å². The number of morpholine rings is 1. The van der Waals surface area contributed by atoms with Gasteiger partial charge in [0.15, 0.2) is 5.13 Å². The van der Waals surface area contributed by atoms with Gasteiger partial charge in [-0.05, 0) is 49.8 Å². The summed E-state index contributed by atoms with van der Waals surface area (Å²) in [5.41, 5.74) is 2.14. The zero-order valence-electron chi connectivity index (χ0n) is 20.4. The molecule has 1 aromatic heterocycles. The Morgan fingerprint density at radius 2 is 1.94 bits per heavy atom. The van der Waals surface area contributed by atoms with Gasteiger partial charge in [0.05, 0.1) is 30.5 Å². The number of halogens is 1. The first-order chi connectivity index (χ1) is 16.6. The fourth-order valence-corrected chi connectivity index (χ4v) is 5.77. The van der Waals surface area contributed by atoms with Gasteiger partial charge in [0.25, 0.3) is 0 Å². The van der Waals surface area contributed by atoms with E-state index in [2.05, 4.69) is 36.1 Å². The third-order valence-electron chi connectivity index (χ3n) is 5.90. The van der Waals surface area contributed by atoms with Crippen molar-refractivity contribution < 1.29 is 14.3 Å². The monoisotopic (exact) mass is 535 g/mol. The van der Waals surface area contributed by atoms with Crippen molar-refractivity contribution in [2.75, 3.05) is 57.2 Å². The average Bonchev–Trinajstić information content (AvgIpc) is 3.29. The highest BCUT2D eigenvalue weighted by molar-refractivity contribution is 7.99. The normalized spacial score (nSPS) is 14.0. The van der Waals surface area contributed by atoms with E-state index in [1.54, 1.807) is 18.4 Å². The summed E-state index contributed by atoms with van der Waals surface area (Å²) in [5.74, 6) is 1.85. The van der Waals surface area contributed by atoms with Gasteiger partial charge in [0, 0.05) is 43.6 Å². The summed E-state index contributed by atoms with van der Waals surface area (Å²) in [5, 5.41) is 0.779. The molecule has 35 heavy (non-hydrogen) atoms. The number of thioether (sulfide) groups is 1. The highest BCUT2D eigenvalue weighted by Gasteiger charge is 2.20. The molecule has 190 valence electrons. The molecule has 1 fully saturated rings. The molecular weight excluding hydrogens is 502 g/mol. The van der Waals surface area contributed by atoms with E-state index in [-0.39, 0.29) is 18.3 Å². The highest BCUT2D eigenvalue weighted by Crippen LogP contribution is 2.32. The lowest BCUT2D eigenvalue weighted by Crippen LogP contribution is -2.39. The second kappa shape index (κ2) is 14.0. The van der Waals surface area contributed by atoms with Crippen molar-refractivity contribution in [1.29, 1.82) is 0 Å². The highest BCUT2D eigenvalue weighted by atomic mass is 35.5. The molecule has 1 amide bonds. The molecule has 2 aromatic carbocycles. The van der Waals surface area contributed by atoms with Gasteiger partial charge in [-0.2, -0.15) is 0 Å². The maximum absolute atomic E-state index is 13.3. The van der Waals surface area contributed by atoms with Gasteiger partial charge in [-0.3, -0.25) is 14.6 Å². The van der Waals surface area contributed by atoms with Gasteiger partial charge in [-0.25, -0.2) is 4.98 Å². The van der Waals surface area contributed by atoms with Crippen LogP contribution in [0.3, 0.4) is 0 Å². The van der Waals surface area contributed by atoms with Crippen LogP contribution in [-0.4, -0.2) is 68.0 Å². The largest absolute Gasteiger partial charge is 0.497 e. The second-order valence-electron chi connectivity index (χ2n) is 8.45. The Morgan fingerprint density at radius 3 is 2.69 bits per heavy atom. The number of hydrogen-bond donors (Lipinski definition) is 0. The summed E-state index contributed by atoms with van der Waals surface area (Å²) in [6.45, 7) is 7.25. The van der Waals surface area contributed by atoms with E-state index in [1.165, 1.54) is 10.5 Å². The van der Waals surface area contributed by atoms with Gasteiger partial charge in [-0.1, -0.05) is 29.0 Å². The van der Waals surface area contributed by atoms with Crippen LogP contribution in [0.2, 0.25) is 0 Å². The van der Waals surface area contributed by atoms with Gasteiger partial charge >= 0.3 is 0 Å². The topological polar surface area (TPSA) is 54.9 Å². The summed E-state index contributed by atoms with van der Waals surface area (Å²) in [4.78, 5) is 23.7. The van der Waals surface area contributed by atoms with Crippen molar-refractivity contribution in [1.82, 2.24) is 9.88 Å². The van der Waals surface area contributed by atoms with E-state index in [4.69, 9.17) is 14.5 Å². The molecule has 0 spiro atoms. The lowest BCUT2D eigenvalue weighted by Gasteiger charge is -2.27. The molecule has 0 radical (unpaired) electrons. The minimum Gasteiger partial charge on any atom is -0.497 e. The van der Waals surface area contributed by atoms with E-state index in [0.717, 1.165) is 72.5 Å². The molecule has 2 heterocycles. The van der Waals surface area contributed by atoms with E-state index < -0.39 is 0 Å². The third-order valence-corrected chi connectivity index (χ3v) is 8.06. The standard InChI is InChI=1S/C26H33N3O3S2.ClH/c1-20-6-9-22(10-7-20)33-18-3-5-25(30)29(13-4-12-28-14-16-32-17-15-28)26-27-23-19-21(31-2)8-11-24(23)34-26;/h6-11,19H,3-5,12-18H2,1-2H3;1H. The van der Waals surface area contributed by atoms with Crippen LogP contribution in [0.15, 0.2) is 47.4 Å². The molecule has 0 unspecified atom stereocenters. The first-order valence-corrected chi connectivity index (χ1v) is 13.7. The molecule has 0 aliphatic carbocycles. The van der Waals surface area contributed by atoms with Gasteiger partial charge in [0.2, 0.25) is 5.91 Å². The van der Waals surface area contributed by atoms with E-state index in [1.807, 2.05) is 34.9 Å². The maximum atomic E-state index is 13.3. The number of fused-ring (bicyclic) bond motifs is 1.